The molecule has 5 N–H and O–H groups in total. The van der Waals surface area contributed by atoms with E-state index in [0.29, 0.717) is 30.1 Å². The number of thiazole rings is 1. The quantitative estimate of drug-likeness (QED) is 0.0375. The first-order chi connectivity index (χ1) is 27.2. The molecule has 14 heteroatoms. The van der Waals surface area contributed by atoms with Crippen molar-refractivity contribution in [2.45, 2.75) is 144 Å². The van der Waals surface area contributed by atoms with E-state index in [9.17, 15) is 29.1 Å². The van der Waals surface area contributed by atoms with Gasteiger partial charge in [-0.2, -0.15) is 0 Å². The standard InChI is InChI=1S/C44H70N6O7S/c1-11-13-14-15-23-50(41(54)37(29(5)12-2)39(53)48-44(9)21-16-22-49(44)10)34(28(3)4)25-35(57-30(6)51)40-47-36(27-58-40)46-38(52)32(26-43(7,8)42(55)56)24-31-17-19-33(45)20-18-31/h17-20,27-29,32,34-35,37H,11-16,21-26,45H2,1-10H3,(H,46,52)(H,48,53)(H,55,56)/t29-,32-,34+,35+,37-,44+/m0/s1. The van der Waals surface area contributed by atoms with Gasteiger partial charge in [-0.1, -0.05) is 72.4 Å². The van der Waals surface area contributed by atoms with Crippen molar-refractivity contribution in [3.05, 3.63) is 40.2 Å². The van der Waals surface area contributed by atoms with Crippen LogP contribution in [0.4, 0.5) is 11.5 Å². The Labute approximate surface area is 350 Å². The molecular formula is C44H70N6O7S. The van der Waals surface area contributed by atoms with Gasteiger partial charge in [-0.3, -0.25) is 28.9 Å². The molecule has 1 fully saturated rings. The Bertz CT molecular complexity index is 1680. The van der Waals surface area contributed by atoms with Crippen LogP contribution in [0.3, 0.4) is 0 Å². The summed E-state index contributed by atoms with van der Waals surface area (Å²) >= 11 is 1.23. The van der Waals surface area contributed by atoms with E-state index in [-0.39, 0.29) is 48.2 Å². The number of hydrogen-bond donors (Lipinski definition) is 4. The van der Waals surface area contributed by atoms with Gasteiger partial charge in [-0.05, 0) is 89.5 Å². The van der Waals surface area contributed by atoms with Gasteiger partial charge in [0.05, 0.1) is 11.1 Å². The molecule has 0 unspecified atom stereocenters. The van der Waals surface area contributed by atoms with E-state index in [4.69, 9.17) is 15.5 Å². The zero-order chi connectivity index (χ0) is 43.4. The van der Waals surface area contributed by atoms with Gasteiger partial charge in [0, 0.05) is 49.5 Å². The zero-order valence-corrected chi connectivity index (χ0v) is 37.4. The summed E-state index contributed by atoms with van der Waals surface area (Å²) in [7, 11) is 1.99. The average molecular weight is 827 g/mol. The predicted octanol–water partition coefficient (Wildman–Crippen LogP) is 7.67. The molecule has 324 valence electrons. The first kappa shape index (κ1) is 48.3. The number of likely N-dealkylation sites (tertiary alicyclic amines) is 1. The van der Waals surface area contributed by atoms with Gasteiger partial charge >= 0.3 is 11.9 Å². The highest BCUT2D eigenvalue weighted by atomic mass is 32.1. The van der Waals surface area contributed by atoms with Crippen LogP contribution in [-0.4, -0.2) is 81.4 Å². The van der Waals surface area contributed by atoms with Crippen molar-refractivity contribution in [2.24, 2.45) is 29.1 Å². The zero-order valence-electron chi connectivity index (χ0n) is 36.6. The number of unbranched alkanes of at least 4 members (excludes halogenated alkanes) is 3. The maximum absolute atomic E-state index is 14.9. The van der Waals surface area contributed by atoms with Crippen molar-refractivity contribution in [3.8, 4) is 0 Å². The van der Waals surface area contributed by atoms with Gasteiger partial charge < -0.3 is 31.1 Å². The molecule has 1 aliphatic heterocycles. The molecule has 0 bridgehead atoms. The molecule has 1 saturated heterocycles. The van der Waals surface area contributed by atoms with Gasteiger partial charge in [-0.15, -0.1) is 11.3 Å². The molecule has 1 aromatic carbocycles. The van der Waals surface area contributed by atoms with Crippen molar-refractivity contribution in [1.29, 1.82) is 0 Å². The molecule has 58 heavy (non-hydrogen) atoms. The molecule has 0 spiro atoms. The van der Waals surface area contributed by atoms with Crippen LogP contribution in [-0.2, 0) is 35.1 Å². The van der Waals surface area contributed by atoms with E-state index >= 15 is 0 Å². The number of esters is 1. The number of rotatable bonds is 23. The molecule has 1 aliphatic rings. The number of nitrogens with two attached hydrogens (primary N) is 1. The summed E-state index contributed by atoms with van der Waals surface area (Å²) in [6.45, 7) is 18.0. The van der Waals surface area contributed by atoms with E-state index in [1.807, 2.05) is 58.7 Å². The van der Waals surface area contributed by atoms with Crippen LogP contribution in [0.1, 0.15) is 137 Å². The Morgan fingerprint density at radius 3 is 2.29 bits per heavy atom. The van der Waals surface area contributed by atoms with Gasteiger partial charge in [0.1, 0.15) is 16.7 Å². The lowest BCUT2D eigenvalue weighted by atomic mass is 9.80. The fraction of sp³-hybridized carbons (Fsp3) is 0.682. The van der Waals surface area contributed by atoms with Crippen molar-refractivity contribution < 1.29 is 33.8 Å². The number of aromatic nitrogens is 1. The molecular weight excluding hydrogens is 757 g/mol. The second-order valence-corrected chi connectivity index (χ2v) is 18.4. The highest BCUT2D eigenvalue weighted by Gasteiger charge is 2.43. The smallest absolute Gasteiger partial charge is 0.309 e. The lowest BCUT2D eigenvalue weighted by Gasteiger charge is -2.40. The maximum atomic E-state index is 14.9. The minimum absolute atomic E-state index is 0.0712. The molecule has 0 saturated carbocycles. The summed E-state index contributed by atoms with van der Waals surface area (Å²) in [5, 5.41) is 18.1. The normalized spacial score (nSPS) is 18.5. The van der Waals surface area contributed by atoms with Crippen LogP contribution in [0.15, 0.2) is 29.6 Å². The second kappa shape index (κ2) is 21.8. The number of nitrogens with zero attached hydrogens (tertiary/aromatic N) is 3. The summed E-state index contributed by atoms with van der Waals surface area (Å²) in [6.07, 6.45) is 5.91. The number of nitrogens with one attached hydrogen (secondary N) is 2. The van der Waals surface area contributed by atoms with Gasteiger partial charge in [0.15, 0.2) is 6.10 Å². The van der Waals surface area contributed by atoms with Crippen molar-refractivity contribution in [2.75, 3.05) is 31.2 Å². The summed E-state index contributed by atoms with van der Waals surface area (Å²) in [5.74, 6) is -4.03. The average Bonchev–Trinajstić information content (AvgIpc) is 3.75. The van der Waals surface area contributed by atoms with Crippen molar-refractivity contribution in [3.63, 3.8) is 0 Å². The van der Waals surface area contributed by atoms with E-state index in [1.165, 1.54) is 18.3 Å². The summed E-state index contributed by atoms with van der Waals surface area (Å²) in [6, 6.07) is 6.72. The molecule has 1 aromatic heterocycles. The Balaban J connectivity index is 1.95. The van der Waals surface area contributed by atoms with Crippen molar-refractivity contribution >= 4 is 52.5 Å². The molecule has 3 rings (SSSR count). The third-order valence-corrected chi connectivity index (χ3v) is 12.8. The van der Waals surface area contributed by atoms with Crippen LogP contribution in [0.2, 0.25) is 0 Å². The number of carboxylic acids is 1. The molecule has 0 radical (unpaired) electrons. The first-order valence-corrected chi connectivity index (χ1v) is 22.0. The number of carboxylic acid groups (broad SMARTS) is 1. The monoisotopic (exact) mass is 827 g/mol. The number of carbonyl (C=O) groups is 5. The highest BCUT2D eigenvalue weighted by Crippen LogP contribution is 2.35. The fourth-order valence-electron chi connectivity index (χ4n) is 7.77. The lowest BCUT2D eigenvalue weighted by Crippen LogP contribution is -2.58. The SMILES string of the molecule is CCCCCCN(C(=O)[C@H](C(=O)N[C@@]1(C)CCCN1C)[C@@H](C)CC)[C@H](C[C@@H](OC(C)=O)c1nc(NC(=O)[C@@H](Cc2ccc(N)cc2)CC(C)(C)C(=O)O)cs1)C(C)C. The predicted molar refractivity (Wildman–Crippen MR) is 230 cm³/mol. The number of nitrogen functional groups attached to an aromatic ring is 1. The number of aliphatic carboxylic acids is 1. The highest BCUT2D eigenvalue weighted by molar-refractivity contribution is 7.10. The molecule has 0 aliphatic carbocycles. The van der Waals surface area contributed by atoms with E-state index in [1.54, 1.807) is 31.4 Å². The molecule has 6 atom stereocenters. The fourth-order valence-corrected chi connectivity index (χ4v) is 8.57. The van der Waals surface area contributed by atoms with Crippen LogP contribution in [0.5, 0.6) is 0 Å². The lowest BCUT2D eigenvalue weighted by molar-refractivity contribution is -0.152. The van der Waals surface area contributed by atoms with Crippen LogP contribution in [0.25, 0.3) is 0 Å². The van der Waals surface area contributed by atoms with Gasteiger partial charge in [0.25, 0.3) is 0 Å². The third kappa shape index (κ3) is 13.5. The Kier molecular flexibility index (Phi) is 18.2. The van der Waals surface area contributed by atoms with Crippen LogP contribution >= 0.6 is 11.3 Å². The van der Waals surface area contributed by atoms with E-state index < -0.39 is 47.0 Å². The van der Waals surface area contributed by atoms with Crippen LogP contribution in [0, 0.1) is 29.1 Å². The number of amides is 3. The van der Waals surface area contributed by atoms with E-state index in [0.717, 1.165) is 50.6 Å². The number of carbonyl (C=O) groups excluding carboxylic acids is 4. The van der Waals surface area contributed by atoms with Crippen LogP contribution < -0.4 is 16.4 Å². The molecule has 2 heterocycles. The topological polar surface area (TPSA) is 184 Å². The molecule has 2 aromatic rings. The maximum Gasteiger partial charge on any atom is 0.309 e. The Hall–Kier alpha value is -4.04. The van der Waals surface area contributed by atoms with E-state index in [2.05, 4.69) is 22.5 Å². The first-order valence-electron chi connectivity index (χ1n) is 21.1. The van der Waals surface area contributed by atoms with Gasteiger partial charge in [-0.25, -0.2) is 4.98 Å². The minimum Gasteiger partial charge on any atom is -0.481 e. The summed E-state index contributed by atoms with van der Waals surface area (Å²) in [4.78, 5) is 76.3. The molecule has 13 nitrogen and oxygen atoms in total. The van der Waals surface area contributed by atoms with Crippen molar-refractivity contribution in [1.82, 2.24) is 20.1 Å². The van der Waals surface area contributed by atoms with Gasteiger partial charge in [0.2, 0.25) is 17.7 Å². The number of benzene rings is 1. The Morgan fingerprint density at radius 1 is 1.07 bits per heavy atom. The number of anilines is 2. The number of ether oxygens (including phenoxy) is 1. The summed E-state index contributed by atoms with van der Waals surface area (Å²) < 4.78 is 5.92. The second-order valence-electron chi connectivity index (χ2n) is 17.5. The Morgan fingerprint density at radius 2 is 1.74 bits per heavy atom. The largest absolute Gasteiger partial charge is 0.481 e. The summed E-state index contributed by atoms with van der Waals surface area (Å²) in [5.41, 5.74) is 5.59. The molecule has 3 amide bonds. The minimum atomic E-state index is -1.17. The third-order valence-electron chi connectivity index (χ3n) is 11.8. The number of hydrogen-bond acceptors (Lipinski definition) is 10.